The summed E-state index contributed by atoms with van der Waals surface area (Å²) >= 11 is 5.98. The molecule has 0 aliphatic rings. The van der Waals surface area contributed by atoms with Crippen molar-refractivity contribution in [3.05, 3.63) is 34.9 Å². The third-order valence-electron chi connectivity index (χ3n) is 2.56. The Morgan fingerprint density at radius 3 is 2.35 bits per heavy atom. The quantitative estimate of drug-likeness (QED) is 0.893. The molecule has 0 fully saturated rings. The van der Waals surface area contributed by atoms with Crippen LogP contribution in [-0.2, 0) is 6.42 Å². The Kier molecular flexibility index (Phi) is 3.71. The molecule has 0 atom stereocenters. The monoisotopic (exact) mass is 302 g/mol. The molecule has 2 aromatic rings. The van der Waals surface area contributed by atoms with Crippen LogP contribution in [0.4, 0.5) is 24.9 Å². The number of nitrogens with zero attached hydrogens (tertiary/aromatic N) is 2. The van der Waals surface area contributed by atoms with Crippen LogP contribution in [-0.4, -0.2) is 16.1 Å². The summed E-state index contributed by atoms with van der Waals surface area (Å²) in [6.45, 7) is 0. The second-order valence-corrected chi connectivity index (χ2v) is 4.47. The molecule has 4 nitrogen and oxygen atoms in total. The van der Waals surface area contributed by atoms with Crippen LogP contribution < -0.4 is 11.5 Å². The van der Waals surface area contributed by atoms with Crippen molar-refractivity contribution in [2.24, 2.45) is 0 Å². The molecule has 1 heterocycles. The summed E-state index contributed by atoms with van der Waals surface area (Å²) in [6, 6.07) is 6.38. The van der Waals surface area contributed by atoms with Gasteiger partial charge in [0.25, 0.3) is 0 Å². The van der Waals surface area contributed by atoms with Crippen LogP contribution in [0, 0.1) is 0 Å². The van der Waals surface area contributed by atoms with E-state index in [0.717, 1.165) is 0 Å². The molecule has 0 bridgehead atoms. The molecule has 8 heteroatoms. The minimum Gasteiger partial charge on any atom is -0.383 e. The smallest absolute Gasteiger partial charge is 0.383 e. The SMILES string of the molecule is Nc1nc(N)c(CC(F)(F)F)c(-c2ccccc2Cl)n1. The molecule has 0 aliphatic heterocycles. The van der Waals surface area contributed by atoms with Crippen LogP contribution >= 0.6 is 11.6 Å². The van der Waals surface area contributed by atoms with E-state index in [0.29, 0.717) is 5.56 Å². The lowest BCUT2D eigenvalue weighted by Crippen LogP contribution is -2.16. The van der Waals surface area contributed by atoms with Gasteiger partial charge in [-0.1, -0.05) is 29.8 Å². The number of hydrogen-bond acceptors (Lipinski definition) is 4. The second-order valence-electron chi connectivity index (χ2n) is 4.07. The van der Waals surface area contributed by atoms with Gasteiger partial charge in [0.2, 0.25) is 5.95 Å². The fourth-order valence-corrected chi connectivity index (χ4v) is 2.00. The molecule has 20 heavy (non-hydrogen) atoms. The van der Waals surface area contributed by atoms with Crippen molar-refractivity contribution in [1.29, 1.82) is 0 Å². The number of rotatable bonds is 2. The van der Waals surface area contributed by atoms with E-state index in [2.05, 4.69) is 9.97 Å². The summed E-state index contributed by atoms with van der Waals surface area (Å²) in [5.74, 6) is -0.506. The number of nitrogen functional groups attached to an aromatic ring is 2. The third-order valence-corrected chi connectivity index (χ3v) is 2.89. The topological polar surface area (TPSA) is 77.8 Å². The molecule has 106 valence electrons. The Balaban J connectivity index is 2.65. The molecule has 1 aromatic heterocycles. The number of nitrogens with two attached hydrogens (primary N) is 2. The lowest BCUT2D eigenvalue weighted by molar-refractivity contribution is -0.127. The average molecular weight is 303 g/mol. The van der Waals surface area contributed by atoms with Crippen LogP contribution in [0.2, 0.25) is 5.02 Å². The van der Waals surface area contributed by atoms with Gasteiger partial charge in [0, 0.05) is 16.1 Å². The molecular weight excluding hydrogens is 293 g/mol. The largest absolute Gasteiger partial charge is 0.393 e. The fourth-order valence-electron chi connectivity index (χ4n) is 1.77. The first kappa shape index (κ1) is 14.4. The highest BCUT2D eigenvalue weighted by Gasteiger charge is 2.31. The highest BCUT2D eigenvalue weighted by atomic mass is 35.5. The molecule has 0 unspecified atom stereocenters. The van der Waals surface area contributed by atoms with Crippen LogP contribution in [0.1, 0.15) is 5.56 Å². The lowest BCUT2D eigenvalue weighted by atomic mass is 10.0. The predicted octanol–water partition coefficient (Wildman–Crippen LogP) is 3.07. The zero-order valence-electron chi connectivity index (χ0n) is 10.1. The van der Waals surface area contributed by atoms with E-state index < -0.39 is 12.6 Å². The van der Waals surface area contributed by atoms with Gasteiger partial charge >= 0.3 is 6.18 Å². The van der Waals surface area contributed by atoms with Crippen molar-refractivity contribution in [2.45, 2.75) is 12.6 Å². The summed E-state index contributed by atoms with van der Waals surface area (Å²) in [6.07, 6.45) is -5.69. The summed E-state index contributed by atoms with van der Waals surface area (Å²) in [4.78, 5) is 7.43. The van der Waals surface area contributed by atoms with E-state index in [1.165, 1.54) is 0 Å². The highest BCUT2D eigenvalue weighted by molar-refractivity contribution is 6.33. The first-order chi connectivity index (χ1) is 9.28. The van der Waals surface area contributed by atoms with Crippen molar-refractivity contribution in [3.63, 3.8) is 0 Å². The van der Waals surface area contributed by atoms with Gasteiger partial charge in [-0.25, -0.2) is 4.98 Å². The van der Waals surface area contributed by atoms with E-state index in [-0.39, 0.29) is 28.0 Å². The van der Waals surface area contributed by atoms with E-state index in [1.54, 1.807) is 24.3 Å². The maximum Gasteiger partial charge on any atom is 0.393 e. The first-order valence-corrected chi connectivity index (χ1v) is 5.89. The second kappa shape index (κ2) is 5.16. The molecular formula is C12H10ClF3N4. The third kappa shape index (κ3) is 3.11. The van der Waals surface area contributed by atoms with Crippen LogP contribution in [0.15, 0.2) is 24.3 Å². The zero-order chi connectivity index (χ0) is 14.9. The highest BCUT2D eigenvalue weighted by Crippen LogP contribution is 2.34. The van der Waals surface area contributed by atoms with Crippen LogP contribution in [0.3, 0.4) is 0 Å². The van der Waals surface area contributed by atoms with Gasteiger partial charge in [-0.3, -0.25) is 0 Å². The predicted molar refractivity (Wildman–Crippen MR) is 71.1 cm³/mol. The van der Waals surface area contributed by atoms with Crippen molar-refractivity contribution in [1.82, 2.24) is 9.97 Å². The number of alkyl halides is 3. The minimum absolute atomic E-state index is 0.00192. The zero-order valence-corrected chi connectivity index (χ0v) is 10.8. The Morgan fingerprint density at radius 2 is 1.75 bits per heavy atom. The summed E-state index contributed by atoms with van der Waals surface area (Å²) in [7, 11) is 0. The molecule has 0 saturated carbocycles. The van der Waals surface area contributed by atoms with Gasteiger partial charge in [-0.2, -0.15) is 18.2 Å². The Morgan fingerprint density at radius 1 is 1.10 bits per heavy atom. The Bertz CT molecular complexity index is 643. The Hall–Kier alpha value is -2.02. The first-order valence-electron chi connectivity index (χ1n) is 5.51. The number of hydrogen-bond donors (Lipinski definition) is 2. The van der Waals surface area contributed by atoms with E-state index in [4.69, 9.17) is 23.1 Å². The van der Waals surface area contributed by atoms with E-state index >= 15 is 0 Å². The summed E-state index contributed by atoms with van der Waals surface area (Å²) in [5.41, 5.74) is 11.1. The van der Waals surface area contributed by atoms with Crippen molar-refractivity contribution in [2.75, 3.05) is 11.5 Å². The molecule has 4 N–H and O–H groups in total. The molecule has 0 spiro atoms. The van der Waals surface area contributed by atoms with E-state index in [1.807, 2.05) is 0 Å². The van der Waals surface area contributed by atoms with Gasteiger partial charge < -0.3 is 11.5 Å². The van der Waals surface area contributed by atoms with Gasteiger partial charge in [0.15, 0.2) is 0 Å². The van der Waals surface area contributed by atoms with Gasteiger partial charge in [0.1, 0.15) is 5.82 Å². The number of benzene rings is 1. The summed E-state index contributed by atoms with van der Waals surface area (Å²) < 4.78 is 37.9. The molecule has 0 radical (unpaired) electrons. The van der Waals surface area contributed by atoms with Gasteiger partial charge in [-0.15, -0.1) is 0 Å². The van der Waals surface area contributed by atoms with E-state index in [9.17, 15) is 13.2 Å². The average Bonchev–Trinajstić information content (AvgIpc) is 2.32. The number of anilines is 2. The molecule has 0 amide bonds. The standard InChI is InChI=1S/C12H10ClF3N4/c13-8-4-2-1-3-6(8)9-7(5-12(14,15)16)10(17)20-11(18)19-9/h1-4H,5H2,(H4,17,18,19,20). The van der Waals surface area contributed by atoms with Gasteiger partial charge in [0.05, 0.1) is 12.1 Å². The maximum absolute atomic E-state index is 12.6. The maximum atomic E-state index is 12.6. The van der Waals surface area contributed by atoms with Gasteiger partial charge in [-0.05, 0) is 6.07 Å². The van der Waals surface area contributed by atoms with Crippen molar-refractivity contribution < 1.29 is 13.2 Å². The number of aromatic nitrogens is 2. The lowest BCUT2D eigenvalue weighted by Gasteiger charge is -2.14. The minimum atomic E-state index is -4.44. The van der Waals surface area contributed by atoms with Crippen molar-refractivity contribution >= 4 is 23.4 Å². The molecule has 1 aromatic carbocycles. The molecule has 0 aliphatic carbocycles. The summed E-state index contributed by atoms with van der Waals surface area (Å²) in [5, 5.41) is 0.258. The van der Waals surface area contributed by atoms with Crippen LogP contribution in [0.5, 0.6) is 0 Å². The normalized spacial score (nSPS) is 11.6. The molecule has 0 saturated heterocycles. The number of halogens is 4. The Labute approximate surface area is 117 Å². The van der Waals surface area contributed by atoms with Crippen molar-refractivity contribution in [3.8, 4) is 11.3 Å². The molecule has 2 rings (SSSR count). The fraction of sp³-hybridized carbons (Fsp3) is 0.167. The van der Waals surface area contributed by atoms with Crippen LogP contribution in [0.25, 0.3) is 11.3 Å².